The number of carbonyl (C=O) groups is 1. The molecular weight excluding hydrogens is 180 g/mol. The molecule has 0 radical (unpaired) electrons. The van der Waals surface area contributed by atoms with E-state index in [0.717, 1.165) is 12.8 Å². The Bertz CT molecular complexity index is 218. The maximum Gasteiger partial charge on any atom is 0.249 e. The van der Waals surface area contributed by atoms with E-state index < -0.39 is 0 Å². The second-order valence-corrected chi connectivity index (χ2v) is 3.59. The normalized spacial score (nSPS) is 28.4. The van der Waals surface area contributed by atoms with Crippen molar-refractivity contribution < 1.29 is 9.53 Å². The Balaban J connectivity index is 2.35. The summed E-state index contributed by atoms with van der Waals surface area (Å²) in [6.45, 7) is 5.96. The zero-order valence-corrected chi connectivity index (χ0v) is 8.53. The van der Waals surface area contributed by atoms with Gasteiger partial charge in [0.2, 0.25) is 5.91 Å². The first-order valence-corrected chi connectivity index (χ1v) is 4.95. The highest BCUT2D eigenvalue weighted by Crippen LogP contribution is 2.18. The van der Waals surface area contributed by atoms with Gasteiger partial charge in [-0.3, -0.25) is 4.79 Å². The summed E-state index contributed by atoms with van der Waals surface area (Å²) in [6.07, 6.45) is 3.04. The van der Waals surface area contributed by atoms with E-state index in [1.165, 1.54) is 0 Å². The molecule has 0 spiro atoms. The van der Waals surface area contributed by atoms with Crippen LogP contribution in [0, 0.1) is 0 Å². The molecule has 1 fully saturated rings. The van der Waals surface area contributed by atoms with Crippen LogP contribution < -0.4 is 11.1 Å². The van der Waals surface area contributed by atoms with Crippen LogP contribution in [0.25, 0.3) is 0 Å². The standard InChI is InChI=1S/C10H18N2O2/c1-3-7(2)12-10(13)9-5-4-8(6-11)14-9/h3,7-9H,1,4-6,11H2,2H3,(H,12,13). The lowest BCUT2D eigenvalue weighted by atomic mass is 10.2. The van der Waals surface area contributed by atoms with Crippen LogP contribution in [0.1, 0.15) is 19.8 Å². The first kappa shape index (κ1) is 11.2. The molecule has 0 bridgehead atoms. The van der Waals surface area contributed by atoms with Gasteiger partial charge in [-0.1, -0.05) is 6.08 Å². The fraction of sp³-hybridized carbons (Fsp3) is 0.700. The van der Waals surface area contributed by atoms with Gasteiger partial charge in [0.15, 0.2) is 0 Å². The van der Waals surface area contributed by atoms with E-state index in [1.807, 2.05) is 6.92 Å². The van der Waals surface area contributed by atoms with Crippen molar-refractivity contribution in [1.29, 1.82) is 0 Å². The lowest BCUT2D eigenvalue weighted by Crippen LogP contribution is -2.39. The zero-order chi connectivity index (χ0) is 10.6. The summed E-state index contributed by atoms with van der Waals surface area (Å²) in [5.74, 6) is -0.0617. The molecule has 1 aliphatic heterocycles. The van der Waals surface area contributed by atoms with E-state index in [2.05, 4.69) is 11.9 Å². The molecule has 1 rings (SSSR count). The Labute approximate surface area is 84.5 Å². The van der Waals surface area contributed by atoms with E-state index in [9.17, 15) is 4.79 Å². The minimum absolute atomic E-state index is 0.0111. The van der Waals surface area contributed by atoms with Crippen molar-refractivity contribution >= 4 is 5.91 Å². The Morgan fingerprint density at radius 2 is 2.50 bits per heavy atom. The average molecular weight is 198 g/mol. The molecule has 1 aliphatic rings. The Hall–Kier alpha value is -0.870. The lowest BCUT2D eigenvalue weighted by molar-refractivity contribution is -0.132. The van der Waals surface area contributed by atoms with Crippen LogP contribution in [-0.4, -0.2) is 30.7 Å². The second kappa shape index (κ2) is 5.12. The summed E-state index contributed by atoms with van der Waals surface area (Å²) < 4.78 is 5.45. The molecule has 0 aliphatic carbocycles. The molecule has 3 N–H and O–H groups in total. The van der Waals surface area contributed by atoms with Gasteiger partial charge in [-0.15, -0.1) is 6.58 Å². The second-order valence-electron chi connectivity index (χ2n) is 3.59. The predicted octanol–water partition coefficient (Wildman–Crippen LogP) is 0.183. The van der Waals surface area contributed by atoms with E-state index in [0.29, 0.717) is 6.54 Å². The first-order chi connectivity index (χ1) is 6.67. The fourth-order valence-electron chi connectivity index (χ4n) is 1.45. The fourth-order valence-corrected chi connectivity index (χ4v) is 1.45. The van der Waals surface area contributed by atoms with Gasteiger partial charge < -0.3 is 15.8 Å². The Morgan fingerprint density at radius 1 is 1.79 bits per heavy atom. The summed E-state index contributed by atoms with van der Waals surface area (Å²) in [4.78, 5) is 11.6. The maximum absolute atomic E-state index is 11.6. The number of ether oxygens (including phenoxy) is 1. The van der Waals surface area contributed by atoms with Crippen molar-refractivity contribution in [3.8, 4) is 0 Å². The van der Waals surface area contributed by atoms with E-state index in [1.54, 1.807) is 6.08 Å². The molecule has 3 unspecified atom stereocenters. The number of hydrogen-bond donors (Lipinski definition) is 2. The van der Waals surface area contributed by atoms with Gasteiger partial charge in [0.25, 0.3) is 0 Å². The van der Waals surface area contributed by atoms with Gasteiger partial charge in [0, 0.05) is 12.6 Å². The summed E-state index contributed by atoms with van der Waals surface area (Å²) in [7, 11) is 0. The van der Waals surface area contributed by atoms with Gasteiger partial charge >= 0.3 is 0 Å². The molecule has 0 aromatic heterocycles. The van der Waals surface area contributed by atoms with Crippen LogP contribution in [0.2, 0.25) is 0 Å². The molecule has 1 amide bonds. The molecule has 1 heterocycles. The van der Waals surface area contributed by atoms with E-state index in [4.69, 9.17) is 10.5 Å². The summed E-state index contributed by atoms with van der Waals surface area (Å²) >= 11 is 0. The largest absolute Gasteiger partial charge is 0.364 e. The molecule has 14 heavy (non-hydrogen) atoms. The summed E-state index contributed by atoms with van der Waals surface area (Å²) in [6, 6.07) is -0.0111. The van der Waals surface area contributed by atoms with Crippen LogP contribution in [0.4, 0.5) is 0 Å². The average Bonchev–Trinajstić information content (AvgIpc) is 2.65. The molecule has 0 aromatic rings. The third-order valence-corrected chi connectivity index (χ3v) is 2.39. The number of amides is 1. The van der Waals surface area contributed by atoms with Gasteiger partial charge in [0.05, 0.1) is 6.10 Å². The van der Waals surface area contributed by atoms with Gasteiger partial charge in [-0.25, -0.2) is 0 Å². The molecule has 80 valence electrons. The first-order valence-electron chi connectivity index (χ1n) is 4.95. The predicted molar refractivity (Wildman–Crippen MR) is 54.8 cm³/mol. The van der Waals surface area contributed by atoms with Gasteiger partial charge in [-0.05, 0) is 19.8 Å². The van der Waals surface area contributed by atoms with Crippen LogP contribution in [0.15, 0.2) is 12.7 Å². The number of rotatable bonds is 4. The van der Waals surface area contributed by atoms with Crippen LogP contribution in [0.3, 0.4) is 0 Å². The molecular formula is C10H18N2O2. The van der Waals surface area contributed by atoms with Crippen molar-refractivity contribution in [2.45, 2.75) is 38.0 Å². The SMILES string of the molecule is C=CC(C)NC(=O)C1CCC(CN)O1. The highest BCUT2D eigenvalue weighted by atomic mass is 16.5. The lowest BCUT2D eigenvalue weighted by Gasteiger charge is -2.14. The number of nitrogens with two attached hydrogens (primary N) is 1. The van der Waals surface area contributed by atoms with Gasteiger partial charge in [0.1, 0.15) is 6.10 Å². The van der Waals surface area contributed by atoms with Crippen LogP contribution in [-0.2, 0) is 9.53 Å². The van der Waals surface area contributed by atoms with Crippen LogP contribution in [0.5, 0.6) is 0 Å². The number of nitrogens with one attached hydrogen (secondary N) is 1. The topological polar surface area (TPSA) is 64.4 Å². The highest BCUT2D eigenvalue weighted by molar-refractivity contribution is 5.81. The van der Waals surface area contributed by atoms with E-state index in [-0.39, 0.29) is 24.2 Å². The smallest absolute Gasteiger partial charge is 0.249 e. The molecule has 4 nitrogen and oxygen atoms in total. The Kier molecular flexibility index (Phi) is 4.10. The number of hydrogen-bond acceptors (Lipinski definition) is 3. The van der Waals surface area contributed by atoms with Crippen molar-refractivity contribution in [3.63, 3.8) is 0 Å². The molecule has 1 saturated heterocycles. The highest BCUT2D eigenvalue weighted by Gasteiger charge is 2.29. The molecule has 0 saturated carbocycles. The van der Waals surface area contributed by atoms with Crippen molar-refractivity contribution in [2.75, 3.05) is 6.54 Å². The quantitative estimate of drug-likeness (QED) is 0.633. The third kappa shape index (κ3) is 2.82. The monoisotopic (exact) mass is 198 g/mol. The van der Waals surface area contributed by atoms with Gasteiger partial charge in [-0.2, -0.15) is 0 Å². The van der Waals surface area contributed by atoms with Crippen molar-refractivity contribution in [1.82, 2.24) is 5.32 Å². The van der Waals surface area contributed by atoms with E-state index >= 15 is 0 Å². The maximum atomic E-state index is 11.6. The molecule has 4 heteroatoms. The van der Waals surface area contributed by atoms with Crippen LogP contribution >= 0.6 is 0 Å². The van der Waals surface area contributed by atoms with Crippen molar-refractivity contribution in [3.05, 3.63) is 12.7 Å². The number of carbonyl (C=O) groups excluding carboxylic acids is 1. The zero-order valence-electron chi connectivity index (χ0n) is 8.53. The third-order valence-electron chi connectivity index (χ3n) is 2.39. The summed E-state index contributed by atoms with van der Waals surface area (Å²) in [5.41, 5.74) is 5.45. The minimum Gasteiger partial charge on any atom is -0.364 e. The van der Waals surface area contributed by atoms with Crippen molar-refractivity contribution in [2.24, 2.45) is 5.73 Å². The Morgan fingerprint density at radius 3 is 3.00 bits per heavy atom. The molecule has 3 atom stereocenters. The molecule has 0 aromatic carbocycles. The minimum atomic E-state index is -0.328. The summed E-state index contributed by atoms with van der Waals surface area (Å²) in [5, 5.41) is 2.79.